The van der Waals surface area contributed by atoms with Gasteiger partial charge in [-0.25, -0.2) is 0 Å². The Morgan fingerprint density at radius 2 is 0.857 bits per heavy atom. The molecule has 0 saturated carbocycles. The van der Waals surface area contributed by atoms with Crippen molar-refractivity contribution in [3.63, 3.8) is 0 Å². The van der Waals surface area contributed by atoms with Crippen molar-refractivity contribution in [1.82, 2.24) is 9.80 Å². The van der Waals surface area contributed by atoms with Crippen molar-refractivity contribution in [2.45, 2.75) is 141 Å². The Balaban J connectivity index is 1.91. The van der Waals surface area contributed by atoms with Gasteiger partial charge in [0.1, 0.15) is 0 Å². The van der Waals surface area contributed by atoms with Crippen LogP contribution in [0.1, 0.15) is 105 Å². The minimum atomic E-state index is -1.71. The highest BCUT2D eigenvalue weighted by molar-refractivity contribution is 6.80. The van der Waals surface area contributed by atoms with E-state index in [0.717, 1.165) is 0 Å². The lowest BCUT2D eigenvalue weighted by molar-refractivity contribution is 0.228. The molecule has 2 fully saturated rings. The molecule has 0 aromatic rings. The van der Waals surface area contributed by atoms with Gasteiger partial charge in [-0.05, 0) is 114 Å². The van der Waals surface area contributed by atoms with E-state index in [4.69, 9.17) is 8.23 Å². The topological polar surface area (TPSA) is 24.9 Å². The van der Waals surface area contributed by atoms with Gasteiger partial charge in [0.05, 0.1) is 0 Å². The number of rotatable bonds is 20. The molecular weight excluding hydrogens is 481 g/mol. The monoisotopic (exact) mass is 540 g/mol. The predicted molar refractivity (Wildman–Crippen MR) is 159 cm³/mol. The fourth-order valence-electron chi connectivity index (χ4n) is 6.69. The highest BCUT2D eigenvalue weighted by Gasteiger charge is 2.64. The second-order valence-corrected chi connectivity index (χ2v) is 21.2. The zero-order chi connectivity index (χ0) is 25.2. The molecule has 0 atom stereocenters. The van der Waals surface area contributed by atoms with E-state index in [1.807, 2.05) is 0 Å². The van der Waals surface area contributed by atoms with E-state index in [0.29, 0.717) is 10.0 Å². The summed E-state index contributed by atoms with van der Waals surface area (Å²) in [4.78, 5) is 5.42. The van der Waals surface area contributed by atoms with Gasteiger partial charge in [-0.1, -0.05) is 74.5 Å². The fraction of sp³-hybridized carbons (Fsp3) is 1.00. The van der Waals surface area contributed by atoms with Crippen LogP contribution >= 0.6 is 0 Å². The third kappa shape index (κ3) is 12.3. The lowest BCUT2D eigenvalue weighted by atomic mass is 10.1. The minimum absolute atomic E-state index is 0.306. The van der Waals surface area contributed by atoms with Gasteiger partial charge in [0.2, 0.25) is 0 Å². The van der Waals surface area contributed by atoms with Gasteiger partial charge in [0, 0.05) is 0 Å². The van der Waals surface area contributed by atoms with E-state index in [9.17, 15) is 0 Å². The van der Waals surface area contributed by atoms with Gasteiger partial charge in [-0.3, -0.25) is 0 Å². The van der Waals surface area contributed by atoms with Crippen molar-refractivity contribution in [1.29, 1.82) is 0 Å². The van der Waals surface area contributed by atoms with Crippen LogP contribution in [0.5, 0.6) is 0 Å². The molecule has 0 radical (unpaired) electrons. The van der Waals surface area contributed by atoms with E-state index in [-0.39, 0.29) is 0 Å². The van der Waals surface area contributed by atoms with Crippen molar-refractivity contribution in [2.75, 3.05) is 39.3 Å². The maximum absolute atomic E-state index is 6.99. The molecule has 0 bridgehead atoms. The van der Waals surface area contributed by atoms with Crippen molar-refractivity contribution >= 4 is 26.6 Å². The van der Waals surface area contributed by atoms with Crippen molar-refractivity contribution < 1.29 is 8.23 Å². The van der Waals surface area contributed by atoms with E-state index in [1.165, 1.54) is 153 Å². The summed E-state index contributed by atoms with van der Waals surface area (Å²) < 4.78 is 14.0. The molecule has 0 N–H and O–H groups in total. The Bertz CT molecular complexity index is 458. The number of piperidine rings is 2. The Hall–Kier alpha value is 0.491. The molecule has 35 heavy (non-hydrogen) atoms. The Labute approximate surface area is 224 Å². The normalized spacial score (nSPS) is 18.6. The van der Waals surface area contributed by atoms with Gasteiger partial charge < -0.3 is 9.80 Å². The van der Waals surface area contributed by atoms with E-state index < -0.39 is 16.6 Å². The van der Waals surface area contributed by atoms with Crippen molar-refractivity contribution in [3.05, 3.63) is 0 Å². The number of nitrogens with zero attached hydrogens (tertiary/aromatic N) is 2. The smallest absolute Gasteiger partial charge is 0.303 e. The second-order valence-electron chi connectivity index (χ2n) is 11.7. The minimum Gasteiger partial charge on any atom is -0.303 e. The lowest BCUT2D eigenvalue weighted by Gasteiger charge is -2.28. The highest BCUT2D eigenvalue weighted by atomic mass is 28.4. The lowest BCUT2D eigenvalue weighted by Crippen LogP contribution is -2.46. The van der Waals surface area contributed by atoms with Crippen molar-refractivity contribution in [2.24, 2.45) is 0 Å². The SMILES string of the molecule is CCC[Si](CCC)(CCCN1CCCCC1)O[Si+2]O[Si](CCC)(CCC)CCCN1CCCCC1. The molecule has 2 aliphatic heterocycles. The van der Waals surface area contributed by atoms with Gasteiger partial charge in [-0.2, -0.15) is 0 Å². The molecule has 0 unspecified atom stereocenters. The fourth-order valence-corrected chi connectivity index (χ4v) is 17.8. The first-order valence-corrected chi connectivity index (χ1v) is 21.5. The summed E-state index contributed by atoms with van der Waals surface area (Å²) in [5.74, 6) is 0. The van der Waals surface area contributed by atoms with Crippen LogP contribution in [0.4, 0.5) is 0 Å². The summed E-state index contributed by atoms with van der Waals surface area (Å²) in [5.41, 5.74) is 0. The third-order valence-electron chi connectivity index (χ3n) is 8.45. The molecule has 7 heteroatoms. The molecular formula is C28H60N2O2Si3+2. The zero-order valence-electron chi connectivity index (χ0n) is 24.2. The average molecular weight is 541 g/mol. The average Bonchev–Trinajstić information content (AvgIpc) is 2.86. The van der Waals surface area contributed by atoms with Crippen LogP contribution in [0, 0.1) is 0 Å². The maximum Gasteiger partial charge on any atom is 1.44 e. The van der Waals surface area contributed by atoms with Gasteiger partial charge in [0.25, 0.3) is 16.6 Å². The molecule has 2 saturated heterocycles. The molecule has 4 nitrogen and oxygen atoms in total. The number of hydrogen-bond acceptors (Lipinski definition) is 4. The molecule has 2 heterocycles. The predicted octanol–water partition coefficient (Wildman–Crippen LogP) is 7.84. The van der Waals surface area contributed by atoms with Crippen LogP contribution in [-0.2, 0) is 8.23 Å². The second kappa shape index (κ2) is 18.7. The van der Waals surface area contributed by atoms with Crippen LogP contribution in [0.3, 0.4) is 0 Å². The van der Waals surface area contributed by atoms with Gasteiger partial charge in [-0.15, -0.1) is 0 Å². The Kier molecular flexibility index (Phi) is 16.9. The Morgan fingerprint density at radius 3 is 1.17 bits per heavy atom. The molecule has 0 aliphatic carbocycles. The molecule has 2 rings (SSSR count). The van der Waals surface area contributed by atoms with Crippen molar-refractivity contribution in [3.8, 4) is 0 Å². The number of hydrogen-bond donors (Lipinski definition) is 0. The third-order valence-corrected chi connectivity index (χ3v) is 20.8. The first-order valence-electron chi connectivity index (χ1n) is 15.7. The van der Waals surface area contributed by atoms with E-state index >= 15 is 0 Å². The first kappa shape index (κ1) is 31.7. The summed E-state index contributed by atoms with van der Waals surface area (Å²) in [5, 5.41) is 0. The summed E-state index contributed by atoms with van der Waals surface area (Å²) >= 11 is 0. The summed E-state index contributed by atoms with van der Waals surface area (Å²) in [6, 6.07) is 7.97. The maximum atomic E-state index is 6.99. The quantitative estimate of drug-likeness (QED) is 0.147. The Morgan fingerprint density at radius 1 is 0.514 bits per heavy atom. The summed E-state index contributed by atoms with van der Waals surface area (Å²) in [6.45, 7) is 17.3. The summed E-state index contributed by atoms with van der Waals surface area (Å²) in [6.07, 6.45) is 16.2. The highest BCUT2D eigenvalue weighted by Crippen LogP contribution is 2.31. The number of likely N-dealkylation sites (tertiary alicyclic amines) is 2. The van der Waals surface area contributed by atoms with Gasteiger partial charge >= 0.3 is 10.0 Å². The molecule has 0 aromatic carbocycles. The van der Waals surface area contributed by atoms with Crippen LogP contribution in [-0.4, -0.2) is 75.7 Å². The van der Waals surface area contributed by atoms with E-state index in [2.05, 4.69) is 37.5 Å². The first-order chi connectivity index (χ1) is 17.1. The van der Waals surface area contributed by atoms with Gasteiger partial charge in [0.15, 0.2) is 0 Å². The van der Waals surface area contributed by atoms with E-state index in [1.54, 1.807) is 0 Å². The van der Waals surface area contributed by atoms with Crippen LogP contribution < -0.4 is 0 Å². The summed E-state index contributed by atoms with van der Waals surface area (Å²) in [7, 11) is -3.11. The standard InChI is InChI=1S/C28H60N2O2Si3/c1-5-23-34(24-6-2,27-15-21-29-17-11-9-12-18-29)31-33-32-35(25-7-3,26-8-4)28-16-22-30-19-13-10-14-20-30/h5-28H2,1-4H3/q+2. The molecule has 0 aromatic heterocycles. The molecule has 2 aliphatic rings. The van der Waals surface area contributed by atoms with Crippen LogP contribution in [0.25, 0.3) is 0 Å². The molecule has 0 amide bonds. The largest absolute Gasteiger partial charge is 1.44 e. The molecule has 204 valence electrons. The zero-order valence-corrected chi connectivity index (χ0v) is 27.2. The van der Waals surface area contributed by atoms with Crippen LogP contribution in [0.2, 0.25) is 36.3 Å². The van der Waals surface area contributed by atoms with Crippen LogP contribution in [0.15, 0.2) is 0 Å². The molecule has 0 spiro atoms.